The van der Waals surface area contributed by atoms with Crippen molar-refractivity contribution in [2.24, 2.45) is 4.99 Å². The van der Waals surface area contributed by atoms with Crippen molar-refractivity contribution in [2.45, 2.75) is 6.92 Å². The summed E-state index contributed by atoms with van der Waals surface area (Å²) in [5.41, 5.74) is 0.817. The first-order chi connectivity index (χ1) is 11.5. The summed E-state index contributed by atoms with van der Waals surface area (Å²) in [7, 11) is 0. The molecular weight excluding hydrogens is 349 g/mol. The molecule has 124 valence electrons. The molecule has 0 bridgehead atoms. The van der Waals surface area contributed by atoms with Gasteiger partial charge in [0.15, 0.2) is 0 Å². The van der Waals surface area contributed by atoms with E-state index in [1.807, 2.05) is 0 Å². The van der Waals surface area contributed by atoms with Crippen LogP contribution in [0, 0.1) is 0 Å². The monoisotopic (exact) mass is 363 g/mol. The SMILES string of the molecule is CCOC(=O)/C(C=Nc1ccc(Cl)cc1)=C(\O)c1ccccc1Cl. The second-order valence-electron chi connectivity index (χ2n) is 4.70. The van der Waals surface area contributed by atoms with Crippen LogP contribution in [0.1, 0.15) is 12.5 Å². The van der Waals surface area contributed by atoms with Crippen molar-refractivity contribution in [1.82, 2.24) is 0 Å². The highest BCUT2D eigenvalue weighted by molar-refractivity contribution is 6.32. The lowest BCUT2D eigenvalue weighted by molar-refractivity contribution is -0.137. The summed E-state index contributed by atoms with van der Waals surface area (Å²) < 4.78 is 4.98. The van der Waals surface area contributed by atoms with E-state index in [1.165, 1.54) is 6.21 Å². The van der Waals surface area contributed by atoms with Gasteiger partial charge in [-0.25, -0.2) is 4.79 Å². The van der Waals surface area contributed by atoms with Crippen molar-refractivity contribution in [1.29, 1.82) is 0 Å². The predicted octanol–water partition coefficient (Wildman–Crippen LogP) is 5.23. The van der Waals surface area contributed by atoms with Crippen molar-refractivity contribution in [3.63, 3.8) is 0 Å². The van der Waals surface area contributed by atoms with Crippen LogP contribution < -0.4 is 0 Å². The average Bonchev–Trinajstić information content (AvgIpc) is 2.57. The number of hydrogen-bond acceptors (Lipinski definition) is 4. The summed E-state index contributed by atoms with van der Waals surface area (Å²) >= 11 is 11.9. The van der Waals surface area contributed by atoms with Gasteiger partial charge in [0, 0.05) is 16.8 Å². The number of ether oxygens (including phenoxy) is 1. The number of aliphatic hydroxyl groups is 1. The van der Waals surface area contributed by atoms with Gasteiger partial charge >= 0.3 is 5.97 Å². The highest BCUT2D eigenvalue weighted by atomic mass is 35.5. The normalized spacial score (nSPS) is 12.1. The van der Waals surface area contributed by atoms with Crippen molar-refractivity contribution in [3.8, 4) is 0 Å². The smallest absolute Gasteiger partial charge is 0.343 e. The Labute approximate surface area is 150 Å². The zero-order valence-corrected chi connectivity index (χ0v) is 14.4. The van der Waals surface area contributed by atoms with Gasteiger partial charge in [-0.3, -0.25) is 4.99 Å². The Bertz CT molecular complexity index is 783. The van der Waals surface area contributed by atoms with E-state index in [0.717, 1.165) is 0 Å². The Morgan fingerprint density at radius 2 is 1.83 bits per heavy atom. The van der Waals surface area contributed by atoms with Crippen LogP contribution in [0.4, 0.5) is 5.69 Å². The number of nitrogens with zero attached hydrogens (tertiary/aromatic N) is 1. The number of hydrogen-bond donors (Lipinski definition) is 1. The van der Waals surface area contributed by atoms with E-state index in [-0.39, 0.29) is 17.9 Å². The summed E-state index contributed by atoms with van der Waals surface area (Å²) in [4.78, 5) is 16.3. The molecule has 0 saturated heterocycles. The largest absolute Gasteiger partial charge is 0.506 e. The Morgan fingerprint density at radius 3 is 2.46 bits per heavy atom. The lowest BCUT2D eigenvalue weighted by atomic mass is 10.1. The maximum atomic E-state index is 12.1. The minimum absolute atomic E-state index is 0.0834. The summed E-state index contributed by atoms with van der Waals surface area (Å²) in [6, 6.07) is 13.4. The fourth-order valence-electron chi connectivity index (χ4n) is 1.88. The highest BCUT2D eigenvalue weighted by Gasteiger charge is 2.17. The van der Waals surface area contributed by atoms with Crippen LogP contribution in [0.15, 0.2) is 59.1 Å². The second-order valence-corrected chi connectivity index (χ2v) is 5.54. The van der Waals surface area contributed by atoms with E-state index < -0.39 is 5.97 Å². The number of esters is 1. The standard InChI is InChI=1S/C18H15Cl2NO3/c1-2-24-18(23)15(11-21-13-9-7-12(19)8-10-13)17(22)14-5-3-4-6-16(14)20/h3-11,22H,2H2,1H3/b17-15-,21-11?. The van der Waals surface area contributed by atoms with Gasteiger partial charge in [0.05, 0.1) is 17.3 Å². The Morgan fingerprint density at radius 1 is 1.17 bits per heavy atom. The number of aliphatic hydroxyl groups excluding tert-OH is 1. The van der Waals surface area contributed by atoms with Crippen LogP contribution in [0.3, 0.4) is 0 Å². The topological polar surface area (TPSA) is 58.9 Å². The van der Waals surface area contributed by atoms with E-state index in [4.69, 9.17) is 27.9 Å². The van der Waals surface area contributed by atoms with Gasteiger partial charge in [-0.1, -0.05) is 35.3 Å². The van der Waals surface area contributed by atoms with Crippen LogP contribution in [0.5, 0.6) is 0 Å². The fraction of sp³-hybridized carbons (Fsp3) is 0.111. The number of aliphatic imine (C=N–C) groups is 1. The molecule has 1 N–H and O–H groups in total. The molecular formula is C18H15Cl2NO3. The molecule has 0 heterocycles. The molecule has 2 aromatic carbocycles. The zero-order chi connectivity index (χ0) is 17.5. The summed E-state index contributed by atoms with van der Waals surface area (Å²) in [5, 5.41) is 11.4. The molecule has 0 aliphatic carbocycles. The van der Waals surface area contributed by atoms with Crippen molar-refractivity contribution < 1.29 is 14.6 Å². The number of rotatable bonds is 5. The number of carbonyl (C=O) groups excluding carboxylic acids is 1. The van der Waals surface area contributed by atoms with Crippen LogP contribution >= 0.6 is 23.2 Å². The van der Waals surface area contributed by atoms with E-state index in [2.05, 4.69) is 4.99 Å². The van der Waals surface area contributed by atoms with Gasteiger partial charge in [-0.05, 0) is 43.3 Å². The lowest BCUT2D eigenvalue weighted by Gasteiger charge is -2.08. The van der Waals surface area contributed by atoms with Gasteiger partial charge in [0.2, 0.25) is 0 Å². The van der Waals surface area contributed by atoms with E-state index in [0.29, 0.717) is 21.3 Å². The molecule has 2 aromatic rings. The lowest BCUT2D eigenvalue weighted by Crippen LogP contribution is -2.11. The van der Waals surface area contributed by atoms with E-state index in [1.54, 1.807) is 55.5 Å². The van der Waals surface area contributed by atoms with Crippen LogP contribution in [-0.2, 0) is 9.53 Å². The minimum atomic E-state index is -0.687. The molecule has 24 heavy (non-hydrogen) atoms. The summed E-state index contributed by atoms with van der Waals surface area (Å²) in [6.45, 7) is 1.85. The van der Waals surface area contributed by atoms with Gasteiger partial charge in [0.25, 0.3) is 0 Å². The summed E-state index contributed by atoms with van der Waals surface area (Å²) in [5.74, 6) is -0.982. The molecule has 0 aliphatic heterocycles. The molecule has 0 radical (unpaired) electrons. The molecule has 0 fully saturated rings. The Hall–Kier alpha value is -2.30. The van der Waals surface area contributed by atoms with Crippen molar-refractivity contribution in [2.75, 3.05) is 6.61 Å². The third-order valence-corrected chi connectivity index (χ3v) is 3.63. The van der Waals surface area contributed by atoms with Gasteiger partial charge in [0.1, 0.15) is 11.3 Å². The number of benzene rings is 2. The molecule has 2 rings (SSSR count). The van der Waals surface area contributed by atoms with E-state index in [9.17, 15) is 9.90 Å². The van der Waals surface area contributed by atoms with Crippen LogP contribution in [0.2, 0.25) is 10.0 Å². The third-order valence-electron chi connectivity index (χ3n) is 3.05. The summed E-state index contributed by atoms with van der Waals surface area (Å²) in [6.07, 6.45) is 1.25. The Balaban J connectivity index is 2.44. The van der Waals surface area contributed by atoms with E-state index >= 15 is 0 Å². The highest BCUT2D eigenvalue weighted by Crippen LogP contribution is 2.25. The zero-order valence-electron chi connectivity index (χ0n) is 12.9. The second kappa shape index (κ2) is 8.52. The first-order valence-corrected chi connectivity index (χ1v) is 7.93. The third kappa shape index (κ3) is 4.60. The van der Waals surface area contributed by atoms with Gasteiger partial charge in [-0.2, -0.15) is 0 Å². The van der Waals surface area contributed by atoms with Gasteiger partial charge < -0.3 is 9.84 Å². The molecule has 6 heteroatoms. The number of carbonyl (C=O) groups is 1. The van der Waals surface area contributed by atoms with Crippen molar-refractivity contribution >= 4 is 46.8 Å². The maximum Gasteiger partial charge on any atom is 0.343 e. The predicted molar refractivity (Wildman–Crippen MR) is 97.2 cm³/mol. The minimum Gasteiger partial charge on any atom is -0.506 e. The Kier molecular flexibility index (Phi) is 6.41. The van der Waals surface area contributed by atoms with Crippen LogP contribution in [-0.4, -0.2) is 23.9 Å². The van der Waals surface area contributed by atoms with Gasteiger partial charge in [-0.15, -0.1) is 0 Å². The molecule has 0 unspecified atom stereocenters. The first kappa shape index (κ1) is 18.0. The van der Waals surface area contributed by atoms with Crippen molar-refractivity contribution in [3.05, 3.63) is 69.7 Å². The van der Waals surface area contributed by atoms with Crippen LogP contribution in [0.25, 0.3) is 5.76 Å². The first-order valence-electron chi connectivity index (χ1n) is 7.17. The molecule has 4 nitrogen and oxygen atoms in total. The maximum absolute atomic E-state index is 12.1. The number of halogens is 2. The molecule has 0 saturated carbocycles. The molecule has 0 spiro atoms. The molecule has 0 aromatic heterocycles. The fourth-order valence-corrected chi connectivity index (χ4v) is 2.24. The average molecular weight is 364 g/mol. The molecule has 0 amide bonds. The molecule has 0 aliphatic rings. The quantitative estimate of drug-likeness (QED) is 0.342. The molecule has 0 atom stereocenters.